The van der Waals surface area contributed by atoms with Crippen LogP contribution in [0.3, 0.4) is 0 Å². The van der Waals surface area contributed by atoms with Crippen molar-refractivity contribution in [3.05, 3.63) is 82.5 Å². The second kappa shape index (κ2) is 5.26. The van der Waals surface area contributed by atoms with Crippen molar-refractivity contribution in [2.75, 3.05) is 0 Å². The first-order valence-electron chi connectivity index (χ1n) is 10.4. The second-order valence-corrected chi connectivity index (χ2v) is 8.27. The van der Waals surface area contributed by atoms with Crippen molar-refractivity contribution in [1.82, 2.24) is 0 Å². The Hall–Kier alpha value is -3.06. The molecule has 0 bridgehead atoms. The highest BCUT2D eigenvalue weighted by molar-refractivity contribution is 6.20. The van der Waals surface area contributed by atoms with Crippen molar-refractivity contribution in [3.8, 4) is 0 Å². The molecule has 3 aliphatic rings. The van der Waals surface area contributed by atoms with Gasteiger partial charge >= 0.3 is 0 Å². The molecule has 1 heteroatoms. The molecule has 0 aliphatic heterocycles. The molecule has 0 amide bonds. The van der Waals surface area contributed by atoms with Crippen LogP contribution in [0, 0.1) is 0 Å². The quantitative estimate of drug-likeness (QED) is 0.319. The summed E-state index contributed by atoms with van der Waals surface area (Å²) in [5.74, 6) is 0. The molecule has 1 aromatic heterocycles. The lowest BCUT2D eigenvalue weighted by molar-refractivity contribution is 0.672. The van der Waals surface area contributed by atoms with Crippen LogP contribution >= 0.6 is 0 Å². The third-order valence-electron chi connectivity index (χ3n) is 6.85. The van der Waals surface area contributed by atoms with Gasteiger partial charge in [-0.15, -0.1) is 0 Å². The number of rotatable bonds is 0. The van der Waals surface area contributed by atoms with E-state index in [0.29, 0.717) is 0 Å². The Morgan fingerprint density at radius 2 is 1.64 bits per heavy atom. The van der Waals surface area contributed by atoms with Crippen LogP contribution in [0.1, 0.15) is 41.5 Å². The Bertz CT molecular complexity index is 1420. The van der Waals surface area contributed by atoms with Gasteiger partial charge < -0.3 is 4.42 Å². The molecular weight excluding hydrogens is 340 g/mol. The zero-order valence-electron chi connectivity index (χ0n) is 15.7. The Morgan fingerprint density at radius 1 is 0.750 bits per heavy atom. The summed E-state index contributed by atoms with van der Waals surface area (Å²) in [4.78, 5) is 0. The third kappa shape index (κ3) is 1.77. The second-order valence-electron chi connectivity index (χ2n) is 8.27. The highest BCUT2D eigenvalue weighted by atomic mass is 16.3. The van der Waals surface area contributed by atoms with Crippen molar-refractivity contribution in [2.45, 2.75) is 32.1 Å². The zero-order chi connectivity index (χ0) is 18.2. The van der Waals surface area contributed by atoms with E-state index >= 15 is 0 Å². The highest BCUT2D eigenvalue weighted by Gasteiger charge is 2.27. The Balaban J connectivity index is 1.68. The topological polar surface area (TPSA) is 13.1 Å². The van der Waals surface area contributed by atoms with E-state index < -0.39 is 0 Å². The van der Waals surface area contributed by atoms with Gasteiger partial charge in [-0.2, -0.15) is 0 Å². The summed E-state index contributed by atoms with van der Waals surface area (Å²) in [6, 6.07) is 13.2. The fraction of sp³-hybridized carbons (Fsp3) is 0.185. The summed E-state index contributed by atoms with van der Waals surface area (Å²) in [6.07, 6.45) is 15.0. The summed E-state index contributed by atoms with van der Waals surface area (Å²) in [7, 11) is 0. The molecule has 1 heterocycles. The van der Waals surface area contributed by atoms with Gasteiger partial charge in [0.25, 0.3) is 0 Å². The van der Waals surface area contributed by atoms with Gasteiger partial charge in [0.2, 0.25) is 0 Å². The van der Waals surface area contributed by atoms with E-state index in [0.717, 1.165) is 36.8 Å². The maximum Gasteiger partial charge on any atom is 0.143 e. The summed E-state index contributed by atoms with van der Waals surface area (Å²) >= 11 is 0. The van der Waals surface area contributed by atoms with Crippen molar-refractivity contribution in [2.24, 2.45) is 0 Å². The number of hydrogen-bond donors (Lipinski definition) is 0. The van der Waals surface area contributed by atoms with Crippen LogP contribution in [0.5, 0.6) is 0 Å². The summed E-state index contributed by atoms with van der Waals surface area (Å²) < 4.78 is 6.46. The SMILES string of the molecule is C1=CC2=C(CC1)c1ccc3c(c4c(c5c6ccccc6oc35)CCC=C4)c1C2. The molecule has 0 fully saturated rings. The maximum atomic E-state index is 6.46. The molecule has 3 aromatic carbocycles. The van der Waals surface area contributed by atoms with Crippen LogP contribution in [0.2, 0.25) is 0 Å². The Morgan fingerprint density at radius 3 is 2.64 bits per heavy atom. The predicted octanol–water partition coefficient (Wildman–Crippen LogP) is 7.36. The smallest absolute Gasteiger partial charge is 0.143 e. The number of fused-ring (bicyclic) bond motifs is 11. The molecule has 0 spiro atoms. The average Bonchev–Trinajstić information content (AvgIpc) is 3.32. The number of para-hydroxylation sites is 1. The minimum Gasteiger partial charge on any atom is -0.455 e. The van der Waals surface area contributed by atoms with E-state index in [2.05, 4.69) is 60.7 Å². The molecule has 0 atom stereocenters. The monoisotopic (exact) mass is 360 g/mol. The molecule has 0 saturated heterocycles. The number of aryl methyl sites for hydroxylation is 1. The van der Waals surface area contributed by atoms with E-state index in [-0.39, 0.29) is 0 Å². The molecule has 134 valence electrons. The van der Waals surface area contributed by atoms with Crippen molar-refractivity contribution in [3.63, 3.8) is 0 Å². The van der Waals surface area contributed by atoms with Gasteiger partial charge in [-0.05, 0) is 83.0 Å². The molecular formula is C27H20O. The third-order valence-corrected chi connectivity index (χ3v) is 6.85. The highest BCUT2D eigenvalue weighted by Crippen LogP contribution is 2.47. The van der Waals surface area contributed by atoms with E-state index in [1.54, 1.807) is 5.57 Å². The minimum atomic E-state index is 1.00. The predicted molar refractivity (Wildman–Crippen MR) is 118 cm³/mol. The van der Waals surface area contributed by atoms with Gasteiger partial charge in [0, 0.05) is 16.2 Å². The van der Waals surface area contributed by atoms with Crippen LogP contribution in [-0.2, 0) is 12.8 Å². The van der Waals surface area contributed by atoms with Gasteiger partial charge in [0.1, 0.15) is 11.2 Å². The molecule has 0 saturated carbocycles. The largest absolute Gasteiger partial charge is 0.455 e. The fourth-order valence-electron chi connectivity index (χ4n) is 5.68. The molecule has 7 rings (SSSR count). The van der Waals surface area contributed by atoms with Gasteiger partial charge in [-0.1, -0.05) is 48.6 Å². The Kier molecular flexibility index (Phi) is 2.80. The number of allylic oxidation sites excluding steroid dienone is 5. The van der Waals surface area contributed by atoms with E-state index in [1.807, 2.05) is 0 Å². The lowest BCUT2D eigenvalue weighted by Gasteiger charge is -2.18. The summed E-state index contributed by atoms with van der Waals surface area (Å²) in [5.41, 5.74) is 11.1. The molecule has 0 radical (unpaired) electrons. The first-order chi connectivity index (χ1) is 13.9. The molecule has 0 N–H and O–H groups in total. The molecule has 3 aliphatic carbocycles. The molecule has 1 nitrogen and oxygen atoms in total. The molecule has 28 heavy (non-hydrogen) atoms. The summed E-state index contributed by atoms with van der Waals surface area (Å²) in [5, 5.41) is 5.29. The van der Waals surface area contributed by atoms with Crippen molar-refractivity contribution < 1.29 is 4.42 Å². The van der Waals surface area contributed by atoms with Crippen molar-refractivity contribution in [1.29, 1.82) is 0 Å². The van der Waals surface area contributed by atoms with E-state index in [4.69, 9.17) is 4.42 Å². The number of hydrogen-bond acceptors (Lipinski definition) is 1. The van der Waals surface area contributed by atoms with Crippen LogP contribution < -0.4 is 0 Å². The average molecular weight is 360 g/mol. The van der Waals surface area contributed by atoms with E-state index in [1.165, 1.54) is 55.8 Å². The van der Waals surface area contributed by atoms with Gasteiger partial charge in [-0.25, -0.2) is 0 Å². The van der Waals surface area contributed by atoms with Crippen LogP contribution in [0.15, 0.2) is 64.6 Å². The first kappa shape index (κ1) is 14.9. The number of benzene rings is 3. The van der Waals surface area contributed by atoms with Crippen molar-refractivity contribution >= 4 is 44.4 Å². The van der Waals surface area contributed by atoms with Gasteiger partial charge in [0.15, 0.2) is 0 Å². The van der Waals surface area contributed by atoms with Crippen LogP contribution in [-0.4, -0.2) is 0 Å². The van der Waals surface area contributed by atoms with Crippen LogP contribution in [0.25, 0.3) is 44.4 Å². The standard InChI is InChI=1S/C27H20O/c1-2-8-17-16(7-1)15-23-18(17)13-14-22-25(23)19-9-3-4-10-20(19)26-21-11-5-6-12-24(21)28-27(22)26/h1,3,5-7,9,11-14H,2,4,8,10,15H2. The normalized spacial score (nSPS) is 17.6. The van der Waals surface area contributed by atoms with Gasteiger partial charge in [-0.3, -0.25) is 0 Å². The summed E-state index contributed by atoms with van der Waals surface area (Å²) in [6.45, 7) is 0. The van der Waals surface area contributed by atoms with Crippen LogP contribution in [0.4, 0.5) is 0 Å². The van der Waals surface area contributed by atoms with E-state index in [9.17, 15) is 0 Å². The van der Waals surface area contributed by atoms with Gasteiger partial charge in [0.05, 0.1) is 0 Å². The zero-order valence-corrected chi connectivity index (χ0v) is 15.7. The first-order valence-corrected chi connectivity index (χ1v) is 10.4. The fourth-order valence-corrected chi connectivity index (χ4v) is 5.68. The molecule has 0 unspecified atom stereocenters. The Labute approximate surface area is 163 Å². The molecule has 4 aromatic rings. The lowest BCUT2D eigenvalue weighted by atomic mass is 9.85. The minimum absolute atomic E-state index is 1.00. The number of furan rings is 1. The maximum absolute atomic E-state index is 6.46. The lowest BCUT2D eigenvalue weighted by Crippen LogP contribution is -1.99.